The first kappa shape index (κ1) is 32.7. The normalized spacial score (nSPS) is 10.6. The van der Waals surface area contributed by atoms with E-state index in [9.17, 15) is 0 Å². The Morgan fingerprint density at radius 1 is 0.479 bits per heavy atom. The maximum absolute atomic E-state index is 4.69. The van der Waals surface area contributed by atoms with Crippen LogP contribution in [-0.2, 0) is 20.1 Å². The van der Waals surface area contributed by atoms with E-state index in [2.05, 4.69) is 109 Å². The first-order chi connectivity index (χ1) is 23.0. The van der Waals surface area contributed by atoms with E-state index in [4.69, 9.17) is 0 Å². The molecule has 0 aliphatic heterocycles. The number of benzene rings is 5. The molecule has 235 valence electrons. The van der Waals surface area contributed by atoms with E-state index < -0.39 is 0 Å². The first-order valence-corrected chi connectivity index (χ1v) is 15.8. The van der Waals surface area contributed by atoms with Gasteiger partial charge in [0.25, 0.3) is 0 Å². The SMILES string of the molecule is Cc1ccc2c(c1)c(-c1ccc(C)c(-c3cc(-c4ccccn4)[c-]cc3C)c1)cc1ncccc12.[Ir].[c-]1ccccc1-c1ccccn1. The van der Waals surface area contributed by atoms with Gasteiger partial charge in [0.05, 0.1) is 5.52 Å². The van der Waals surface area contributed by atoms with Crippen LogP contribution in [0.15, 0.2) is 146 Å². The van der Waals surface area contributed by atoms with Crippen LogP contribution in [0.5, 0.6) is 0 Å². The smallest absolute Gasteiger partial charge is 0.0714 e. The number of hydrogen-bond donors (Lipinski definition) is 0. The van der Waals surface area contributed by atoms with Gasteiger partial charge in [0.2, 0.25) is 0 Å². The Morgan fingerprint density at radius 2 is 1.21 bits per heavy atom. The molecular formula is C44H33IrN3-2. The fraction of sp³-hybridized carbons (Fsp3) is 0.0682. The summed E-state index contributed by atoms with van der Waals surface area (Å²) in [5.74, 6) is 0. The molecule has 8 aromatic rings. The third-order valence-corrected chi connectivity index (χ3v) is 8.46. The van der Waals surface area contributed by atoms with Gasteiger partial charge < -0.3 is 9.97 Å². The molecule has 48 heavy (non-hydrogen) atoms. The molecule has 4 heteroatoms. The Hall–Kier alpha value is -5.28. The third-order valence-electron chi connectivity index (χ3n) is 8.46. The molecule has 0 fully saturated rings. The Balaban J connectivity index is 0.000000260. The minimum absolute atomic E-state index is 0. The van der Waals surface area contributed by atoms with E-state index >= 15 is 0 Å². The van der Waals surface area contributed by atoms with E-state index in [1.807, 2.05) is 79.1 Å². The zero-order valence-electron chi connectivity index (χ0n) is 27.0. The second-order valence-electron chi connectivity index (χ2n) is 11.7. The van der Waals surface area contributed by atoms with Gasteiger partial charge in [0.1, 0.15) is 0 Å². The molecule has 8 rings (SSSR count). The van der Waals surface area contributed by atoms with Crippen LogP contribution in [0.25, 0.3) is 66.4 Å². The Kier molecular flexibility index (Phi) is 9.96. The summed E-state index contributed by atoms with van der Waals surface area (Å²) in [6, 6.07) is 50.4. The molecule has 0 saturated heterocycles. The van der Waals surface area contributed by atoms with Crippen molar-refractivity contribution >= 4 is 21.7 Å². The van der Waals surface area contributed by atoms with Gasteiger partial charge in [0, 0.05) is 44.1 Å². The second-order valence-corrected chi connectivity index (χ2v) is 11.7. The van der Waals surface area contributed by atoms with Crippen molar-refractivity contribution in [3.05, 3.63) is 175 Å². The van der Waals surface area contributed by atoms with Gasteiger partial charge in [-0.1, -0.05) is 78.7 Å². The second kappa shape index (κ2) is 14.6. The van der Waals surface area contributed by atoms with Crippen LogP contribution in [0.2, 0.25) is 0 Å². The standard InChI is InChI=1S/C33H25N2.C11H8N.Ir/c1-21-9-14-26-27-7-6-16-35-33(27)20-30(31(26)17-21)24-12-10-22(2)28(18-24)29-19-25(13-11-23(29)3)32-8-4-5-15-34-32;1-2-6-10(7-3-1)11-8-4-5-9-12-11;/h4-12,14-20H,1-3H3;1-6,8-9H;/q2*-1;. The Labute approximate surface area is 295 Å². The van der Waals surface area contributed by atoms with Gasteiger partial charge in [-0.25, -0.2) is 0 Å². The summed E-state index contributed by atoms with van der Waals surface area (Å²) < 4.78 is 0. The number of pyridine rings is 3. The Bertz CT molecular complexity index is 2280. The molecule has 1 radical (unpaired) electrons. The van der Waals surface area contributed by atoms with Crippen molar-refractivity contribution in [3.63, 3.8) is 0 Å². The molecule has 5 aromatic carbocycles. The molecule has 0 N–H and O–H groups in total. The number of aromatic nitrogens is 3. The zero-order valence-corrected chi connectivity index (χ0v) is 29.4. The van der Waals surface area contributed by atoms with Crippen molar-refractivity contribution < 1.29 is 20.1 Å². The largest absolute Gasteiger partial charge is 0.305 e. The Morgan fingerprint density at radius 3 is 1.94 bits per heavy atom. The molecule has 0 aliphatic carbocycles. The van der Waals surface area contributed by atoms with E-state index in [0.29, 0.717) is 0 Å². The summed E-state index contributed by atoms with van der Waals surface area (Å²) in [6.45, 7) is 6.49. The zero-order chi connectivity index (χ0) is 32.2. The summed E-state index contributed by atoms with van der Waals surface area (Å²) in [4.78, 5) is 13.4. The van der Waals surface area contributed by atoms with E-state index in [-0.39, 0.29) is 20.1 Å². The molecule has 3 aromatic heterocycles. The fourth-order valence-corrected chi connectivity index (χ4v) is 6.01. The van der Waals surface area contributed by atoms with Gasteiger partial charge in [-0.3, -0.25) is 4.98 Å². The van der Waals surface area contributed by atoms with Crippen molar-refractivity contribution in [2.75, 3.05) is 0 Å². The van der Waals surface area contributed by atoms with Crippen LogP contribution < -0.4 is 0 Å². The number of aryl methyl sites for hydroxylation is 3. The van der Waals surface area contributed by atoms with Gasteiger partial charge in [-0.15, -0.1) is 65.2 Å². The number of hydrogen-bond acceptors (Lipinski definition) is 3. The molecular weight excluding hydrogens is 763 g/mol. The molecule has 0 saturated carbocycles. The number of rotatable bonds is 4. The summed E-state index contributed by atoms with van der Waals surface area (Å²) in [5.41, 5.74) is 13.5. The quantitative estimate of drug-likeness (QED) is 0.132. The van der Waals surface area contributed by atoms with Gasteiger partial charge in [-0.05, 0) is 88.6 Å². The van der Waals surface area contributed by atoms with E-state index in [1.54, 1.807) is 6.20 Å². The van der Waals surface area contributed by atoms with Gasteiger partial charge in [-0.2, -0.15) is 0 Å². The average Bonchev–Trinajstić information content (AvgIpc) is 3.13. The molecule has 0 amide bonds. The monoisotopic (exact) mass is 796 g/mol. The fourth-order valence-electron chi connectivity index (χ4n) is 6.01. The van der Waals surface area contributed by atoms with Gasteiger partial charge in [0.15, 0.2) is 0 Å². The molecule has 0 bridgehead atoms. The number of nitrogens with zero attached hydrogens (tertiary/aromatic N) is 3. The maximum Gasteiger partial charge on any atom is 0.0714 e. The van der Waals surface area contributed by atoms with Crippen LogP contribution >= 0.6 is 0 Å². The summed E-state index contributed by atoms with van der Waals surface area (Å²) in [7, 11) is 0. The van der Waals surface area contributed by atoms with Gasteiger partial charge >= 0.3 is 0 Å². The minimum Gasteiger partial charge on any atom is -0.305 e. The summed E-state index contributed by atoms with van der Waals surface area (Å²) >= 11 is 0. The van der Waals surface area contributed by atoms with Crippen LogP contribution in [0.3, 0.4) is 0 Å². The molecule has 0 spiro atoms. The van der Waals surface area contributed by atoms with Crippen molar-refractivity contribution in [2.45, 2.75) is 20.8 Å². The predicted molar refractivity (Wildman–Crippen MR) is 195 cm³/mol. The van der Waals surface area contributed by atoms with E-state index in [1.165, 1.54) is 55.1 Å². The van der Waals surface area contributed by atoms with Crippen LogP contribution in [0, 0.1) is 32.9 Å². The summed E-state index contributed by atoms with van der Waals surface area (Å²) in [5, 5.41) is 3.68. The first-order valence-electron chi connectivity index (χ1n) is 15.8. The molecule has 3 nitrogen and oxygen atoms in total. The van der Waals surface area contributed by atoms with Crippen LogP contribution in [-0.4, -0.2) is 15.0 Å². The molecule has 0 aliphatic rings. The minimum atomic E-state index is 0. The van der Waals surface area contributed by atoms with Crippen molar-refractivity contribution in [2.24, 2.45) is 0 Å². The van der Waals surface area contributed by atoms with Crippen LogP contribution in [0.1, 0.15) is 16.7 Å². The maximum atomic E-state index is 4.69. The average molecular weight is 796 g/mol. The molecule has 0 unspecified atom stereocenters. The number of fused-ring (bicyclic) bond motifs is 3. The topological polar surface area (TPSA) is 38.7 Å². The molecule has 3 heterocycles. The van der Waals surface area contributed by atoms with Crippen LogP contribution in [0.4, 0.5) is 0 Å². The summed E-state index contributed by atoms with van der Waals surface area (Å²) in [6.07, 6.45) is 5.49. The third kappa shape index (κ3) is 6.87. The van der Waals surface area contributed by atoms with Crippen molar-refractivity contribution in [1.29, 1.82) is 0 Å². The molecule has 0 atom stereocenters. The predicted octanol–water partition coefficient (Wildman–Crippen LogP) is 11.1. The van der Waals surface area contributed by atoms with E-state index in [0.717, 1.165) is 28.0 Å². The van der Waals surface area contributed by atoms with Crippen molar-refractivity contribution in [1.82, 2.24) is 15.0 Å². The van der Waals surface area contributed by atoms with Crippen molar-refractivity contribution in [3.8, 4) is 44.8 Å².